The maximum absolute atomic E-state index is 5.88. The fourth-order valence-electron chi connectivity index (χ4n) is 2.85. The summed E-state index contributed by atoms with van der Waals surface area (Å²) in [6, 6.07) is 8.73. The third-order valence-corrected chi connectivity index (χ3v) is 4.58. The number of aliphatic imine (C=N–C) groups is 1. The third-order valence-electron chi connectivity index (χ3n) is 4.58. The fraction of sp³-hybridized carbons (Fsp3) is 0.650. The summed E-state index contributed by atoms with van der Waals surface area (Å²) in [7, 11) is 1.81. The molecule has 0 aliphatic carbocycles. The Morgan fingerprint density at radius 1 is 1.23 bits per heavy atom. The summed E-state index contributed by atoms with van der Waals surface area (Å²) in [5, 5.41) is 6.76. The van der Waals surface area contributed by atoms with Gasteiger partial charge >= 0.3 is 0 Å². The quantitative estimate of drug-likeness (QED) is 0.262. The first-order valence-electron chi connectivity index (χ1n) is 9.39. The number of hydrogen-bond acceptors (Lipinski definition) is 3. The van der Waals surface area contributed by atoms with Crippen molar-refractivity contribution >= 4 is 29.9 Å². The van der Waals surface area contributed by atoms with E-state index in [4.69, 9.17) is 9.47 Å². The van der Waals surface area contributed by atoms with Gasteiger partial charge in [-0.3, -0.25) is 4.99 Å². The molecule has 0 radical (unpaired) electrons. The second kappa shape index (κ2) is 13.3. The van der Waals surface area contributed by atoms with Crippen molar-refractivity contribution in [1.82, 2.24) is 10.6 Å². The van der Waals surface area contributed by atoms with E-state index in [9.17, 15) is 0 Å². The molecule has 26 heavy (non-hydrogen) atoms. The lowest BCUT2D eigenvalue weighted by molar-refractivity contribution is -0.0320. The molecule has 1 saturated heterocycles. The van der Waals surface area contributed by atoms with E-state index in [2.05, 4.69) is 53.7 Å². The average Bonchev–Trinajstić information content (AvgIpc) is 2.65. The van der Waals surface area contributed by atoms with Gasteiger partial charge in [0.1, 0.15) is 0 Å². The van der Waals surface area contributed by atoms with Crippen LogP contribution in [0, 0.1) is 6.92 Å². The zero-order valence-corrected chi connectivity index (χ0v) is 18.6. The van der Waals surface area contributed by atoms with Crippen molar-refractivity contribution in [2.75, 3.05) is 40.0 Å². The first kappa shape index (κ1) is 23.2. The van der Waals surface area contributed by atoms with Crippen LogP contribution in [-0.2, 0) is 9.47 Å². The topological polar surface area (TPSA) is 54.9 Å². The van der Waals surface area contributed by atoms with Crippen LogP contribution in [0.3, 0.4) is 0 Å². The Morgan fingerprint density at radius 3 is 2.58 bits per heavy atom. The molecule has 1 fully saturated rings. The predicted molar refractivity (Wildman–Crippen MR) is 119 cm³/mol. The highest BCUT2D eigenvalue weighted by Gasteiger charge is 2.13. The van der Waals surface area contributed by atoms with E-state index in [1.165, 1.54) is 11.1 Å². The predicted octanol–water partition coefficient (Wildman–Crippen LogP) is 3.47. The maximum Gasteiger partial charge on any atom is 0.190 e. The second-order valence-corrected chi connectivity index (χ2v) is 6.73. The normalized spacial score (nSPS) is 16.7. The molecule has 5 nitrogen and oxygen atoms in total. The van der Waals surface area contributed by atoms with Crippen molar-refractivity contribution in [3.8, 4) is 0 Å². The lowest BCUT2D eigenvalue weighted by Gasteiger charge is -2.22. The molecule has 0 bridgehead atoms. The summed E-state index contributed by atoms with van der Waals surface area (Å²) in [4.78, 5) is 4.29. The van der Waals surface area contributed by atoms with Crippen LogP contribution in [0.1, 0.15) is 43.2 Å². The molecule has 0 spiro atoms. The van der Waals surface area contributed by atoms with Crippen LogP contribution in [0.4, 0.5) is 0 Å². The minimum atomic E-state index is 0. The molecule has 2 N–H and O–H groups in total. The molecule has 6 heteroatoms. The SMILES string of the molecule is CN=C(NCCCOC1CCOCC1)NCC(C)c1ccc(C)cc1.I. The minimum Gasteiger partial charge on any atom is -0.381 e. The van der Waals surface area contributed by atoms with Gasteiger partial charge in [-0.05, 0) is 37.7 Å². The fourth-order valence-corrected chi connectivity index (χ4v) is 2.85. The van der Waals surface area contributed by atoms with Crippen LogP contribution >= 0.6 is 24.0 Å². The molecule has 1 aliphatic rings. The molecular formula is C20H34IN3O2. The summed E-state index contributed by atoms with van der Waals surface area (Å²) in [6.07, 6.45) is 3.40. The number of nitrogens with one attached hydrogen (secondary N) is 2. The van der Waals surface area contributed by atoms with Crippen LogP contribution in [0.25, 0.3) is 0 Å². The average molecular weight is 475 g/mol. The van der Waals surface area contributed by atoms with E-state index < -0.39 is 0 Å². The Kier molecular flexibility index (Phi) is 11.9. The van der Waals surface area contributed by atoms with E-state index in [0.29, 0.717) is 12.0 Å². The number of hydrogen-bond donors (Lipinski definition) is 2. The van der Waals surface area contributed by atoms with Gasteiger partial charge in [0.15, 0.2) is 5.96 Å². The number of aryl methyl sites for hydroxylation is 1. The highest BCUT2D eigenvalue weighted by atomic mass is 127. The van der Waals surface area contributed by atoms with E-state index in [1.54, 1.807) is 0 Å². The third kappa shape index (κ3) is 8.68. The molecule has 1 heterocycles. The molecule has 2 rings (SSSR count). The molecule has 0 aromatic heterocycles. The van der Waals surface area contributed by atoms with Gasteiger partial charge in [0.2, 0.25) is 0 Å². The highest BCUT2D eigenvalue weighted by Crippen LogP contribution is 2.14. The number of nitrogens with zero attached hydrogens (tertiary/aromatic N) is 1. The number of halogens is 1. The number of benzene rings is 1. The van der Waals surface area contributed by atoms with Crippen molar-refractivity contribution in [2.45, 2.75) is 45.1 Å². The van der Waals surface area contributed by atoms with Gasteiger partial charge in [0.05, 0.1) is 6.10 Å². The van der Waals surface area contributed by atoms with Crippen LogP contribution in [-0.4, -0.2) is 52.0 Å². The molecule has 1 aromatic carbocycles. The van der Waals surface area contributed by atoms with Crippen molar-refractivity contribution in [1.29, 1.82) is 0 Å². The van der Waals surface area contributed by atoms with Crippen LogP contribution in [0.2, 0.25) is 0 Å². The highest BCUT2D eigenvalue weighted by molar-refractivity contribution is 14.0. The standard InChI is InChI=1S/C20H33N3O2.HI/c1-16-5-7-18(8-6-16)17(2)15-23-20(21-3)22-11-4-12-25-19-9-13-24-14-10-19;/h5-8,17,19H,4,9-15H2,1-3H3,(H2,21,22,23);1H. The molecule has 1 unspecified atom stereocenters. The largest absolute Gasteiger partial charge is 0.381 e. The van der Waals surface area contributed by atoms with Gasteiger partial charge in [-0.2, -0.15) is 0 Å². The summed E-state index contributed by atoms with van der Waals surface area (Å²) < 4.78 is 11.2. The molecule has 1 atom stereocenters. The monoisotopic (exact) mass is 475 g/mol. The molecule has 148 valence electrons. The van der Waals surface area contributed by atoms with Gasteiger partial charge in [-0.1, -0.05) is 36.8 Å². The molecule has 0 amide bonds. The van der Waals surface area contributed by atoms with Crippen molar-refractivity contribution in [3.05, 3.63) is 35.4 Å². The van der Waals surface area contributed by atoms with Crippen molar-refractivity contribution < 1.29 is 9.47 Å². The van der Waals surface area contributed by atoms with Gasteiger partial charge in [-0.25, -0.2) is 0 Å². The van der Waals surface area contributed by atoms with Crippen LogP contribution < -0.4 is 10.6 Å². The maximum atomic E-state index is 5.88. The number of guanidine groups is 1. The minimum absolute atomic E-state index is 0. The zero-order valence-electron chi connectivity index (χ0n) is 16.3. The summed E-state index contributed by atoms with van der Waals surface area (Å²) in [5.41, 5.74) is 2.64. The van der Waals surface area contributed by atoms with E-state index in [-0.39, 0.29) is 24.0 Å². The van der Waals surface area contributed by atoms with Gasteiger partial charge in [0.25, 0.3) is 0 Å². The van der Waals surface area contributed by atoms with Crippen molar-refractivity contribution in [2.24, 2.45) is 4.99 Å². The van der Waals surface area contributed by atoms with Crippen LogP contribution in [0.15, 0.2) is 29.3 Å². The Hall–Kier alpha value is -0.860. The molecule has 1 aromatic rings. The smallest absolute Gasteiger partial charge is 0.190 e. The molecular weight excluding hydrogens is 441 g/mol. The molecule has 1 aliphatic heterocycles. The Bertz CT molecular complexity index is 516. The van der Waals surface area contributed by atoms with Crippen molar-refractivity contribution in [3.63, 3.8) is 0 Å². The second-order valence-electron chi connectivity index (χ2n) is 6.73. The van der Waals surface area contributed by atoms with Gasteiger partial charge < -0.3 is 20.1 Å². The van der Waals surface area contributed by atoms with Gasteiger partial charge in [-0.15, -0.1) is 24.0 Å². The Morgan fingerprint density at radius 2 is 1.92 bits per heavy atom. The summed E-state index contributed by atoms with van der Waals surface area (Å²) in [5.74, 6) is 1.29. The van der Waals surface area contributed by atoms with Crippen LogP contribution in [0.5, 0.6) is 0 Å². The summed E-state index contributed by atoms with van der Waals surface area (Å²) in [6.45, 7) is 8.52. The summed E-state index contributed by atoms with van der Waals surface area (Å²) >= 11 is 0. The van der Waals surface area contributed by atoms with Gasteiger partial charge in [0, 0.05) is 40.0 Å². The molecule has 0 saturated carbocycles. The first-order valence-corrected chi connectivity index (χ1v) is 9.39. The lowest BCUT2D eigenvalue weighted by Crippen LogP contribution is -2.39. The van der Waals surface area contributed by atoms with E-state index in [0.717, 1.165) is 58.1 Å². The Balaban J connectivity index is 0.00000338. The zero-order chi connectivity index (χ0) is 17.9. The Labute approximate surface area is 175 Å². The first-order chi connectivity index (χ1) is 12.2. The lowest BCUT2D eigenvalue weighted by atomic mass is 10.0. The number of ether oxygens (including phenoxy) is 2. The number of rotatable bonds is 8. The van der Waals surface area contributed by atoms with E-state index in [1.807, 2.05) is 7.05 Å². The van der Waals surface area contributed by atoms with E-state index >= 15 is 0 Å².